The van der Waals surface area contributed by atoms with Gasteiger partial charge in [-0.2, -0.15) is 0 Å². The average Bonchev–Trinajstić information content (AvgIpc) is 3.31. The minimum atomic E-state index is -2.89. The number of imidazole rings is 1. The van der Waals surface area contributed by atoms with E-state index in [0.29, 0.717) is 11.4 Å². The number of primary amides is 1. The molecule has 0 spiro atoms. The molecule has 17 nitrogen and oxygen atoms in total. The Kier molecular flexibility index (Phi) is 11.1. The lowest BCUT2D eigenvalue weighted by molar-refractivity contribution is -0.392. The third-order valence-corrected chi connectivity index (χ3v) is 8.54. The molecule has 5 rings (SSSR count). The first kappa shape index (κ1) is 37.8. The SMILES string of the molecule is C[C@H]1c2cccc(O)c2C(=O)C2=C(O)[C@]3(O)C(=O)C(C(N)=O)=C(O)[C@@H](N(C)C)[C@@H]3[C@@H](O)[C@@H]21.Cc1ncc([N+](=O)[O-])n1CCO.Cl.O. The molecular weight excluding hydrogens is 634 g/mol. The molecule has 10 N–H and O–H groups in total. The summed E-state index contributed by atoms with van der Waals surface area (Å²) in [6.45, 7) is 3.42. The molecular formula is C28H36ClN5O12. The van der Waals surface area contributed by atoms with E-state index in [1.807, 2.05) is 0 Å². The van der Waals surface area contributed by atoms with Crippen LogP contribution >= 0.6 is 12.4 Å². The van der Waals surface area contributed by atoms with Gasteiger partial charge in [0.15, 0.2) is 17.2 Å². The van der Waals surface area contributed by atoms with E-state index in [9.17, 15) is 50.0 Å². The van der Waals surface area contributed by atoms with E-state index in [4.69, 9.17) is 10.8 Å². The first-order valence-corrected chi connectivity index (χ1v) is 13.5. The topological polar surface area (TPSA) is 294 Å². The molecule has 6 atom stereocenters. The number of benzene rings is 1. The van der Waals surface area contributed by atoms with Crippen molar-refractivity contribution in [3.8, 4) is 5.75 Å². The molecule has 252 valence electrons. The number of aliphatic hydroxyl groups is 5. The fourth-order valence-electron chi connectivity index (χ4n) is 6.56. The van der Waals surface area contributed by atoms with Gasteiger partial charge in [0.2, 0.25) is 5.78 Å². The Morgan fingerprint density at radius 3 is 2.35 bits per heavy atom. The van der Waals surface area contributed by atoms with Gasteiger partial charge in [0, 0.05) is 18.4 Å². The van der Waals surface area contributed by atoms with Crippen LogP contribution in [0.1, 0.15) is 34.6 Å². The van der Waals surface area contributed by atoms with Crippen LogP contribution in [0.15, 0.2) is 47.1 Å². The highest BCUT2D eigenvalue weighted by Crippen LogP contribution is 2.55. The second kappa shape index (κ2) is 13.5. The van der Waals surface area contributed by atoms with Gasteiger partial charge in [0.05, 0.1) is 30.2 Å². The highest BCUT2D eigenvalue weighted by atomic mass is 35.5. The molecule has 3 aliphatic rings. The Hall–Kier alpha value is -4.39. The number of halogens is 1. The zero-order valence-corrected chi connectivity index (χ0v) is 25.9. The number of nitrogens with two attached hydrogens (primary N) is 1. The van der Waals surface area contributed by atoms with Crippen molar-refractivity contribution < 1.29 is 55.4 Å². The molecule has 0 saturated carbocycles. The molecule has 0 unspecified atom stereocenters. The number of rotatable bonds is 5. The van der Waals surface area contributed by atoms with Gasteiger partial charge in [0.1, 0.15) is 35.6 Å². The van der Waals surface area contributed by atoms with Crippen LogP contribution in [0.4, 0.5) is 5.82 Å². The third kappa shape index (κ3) is 5.50. The maximum atomic E-state index is 13.3. The number of likely N-dealkylation sites (N-methyl/N-ethyl adjacent to an activating group) is 1. The number of aryl methyl sites for hydroxylation is 1. The minimum absolute atomic E-state index is 0. The lowest BCUT2D eigenvalue weighted by Crippen LogP contribution is -2.68. The van der Waals surface area contributed by atoms with E-state index >= 15 is 0 Å². The molecule has 46 heavy (non-hydrogen) atoms. The lowest BCUT2D eigenvalue weighted by atomic mass is 9.55. The number of aliphatic hydroxyl groups excluding tert-OH is 4. The number of aromatic hydroxyl groups is 1. The van der Waals surface area contributed by atoms with Gasteiger partial charge in [-0.15, -0.1) is 12.4 Å². The second-order valence-electron chi connectivity index (χ2n) is 11.1. The van der Waals surface area contributed by atoms with E-state index < -0.39 is 80.6 Å². The Balaban J connectivity index is 0.000000447. The smallest absolute Gasteiger partial charge is 0.342 e. The van der Waals surface area contributed by atoms with Gasteiger partial charge in [-0.3, -0.25) is 19.3 Å². The number of hydrogen-bond acceptors (Lipinski definition) is 13. The molecule has 1 amide bonds. The molecule has 0 fully saturated rings. The van der Waals surface area contributed by atoms with Crippen LogP contribution in [0.5, 0.6) is 5.75 Å². The van der Waals surface area contributed by atoms with Crippen LogP contribution < -0.4 is 5.73 Å². The predicted octanol–water partition coefficient (Wildman–Crippen LogP) is -0.658. The number of ketones is 2. The van der Waals surface area contributed by atoms with Crippen molar-refractivity contribution in [3.63, 3.8) is 0 Å². The summed E-state index contributed by atoms with van der Waals surface area (Å²) in [4.78, 5) is 53.4. The van der Waals surface area contributed by atoms with Gasteiger partial charge in [-0.1, -0.05) is 19.1 Å². The molecule has 1 heterocycles. The number of carbonyl (C=O) groups is 3. The van der Waals surface area contributed by atoms with E-state index in [0.717, 1.165) is 0 Å². The average molecular weight is 670 g/mol. The van der Waals surface area contributed by atoms with Gasteiger partial charge >= 0.3 is 5.82 Å². The molecule has 0 saturated heterocycles. The number of nitro groups is 1. The standard InChI is InChI=1S/C22H24N2O8.C6H9N3O3.ClH.H2O/c1-7-8-5-4-6-9(25)11(8)16(26)12-10(7)17(27)14-15(24(2)3)18(28)13(21(23)31)20(30)22(14,32)19(12)29;1-5-7-4-6(9(11)12)8(5)2-3-10;;/h4-7,10,14-15,17,25,27-29,32H,1-3H3,(H2,23,31);4,10H,2-3H2,1H3;1H;1H2/t7-,10+,14+,15-,17-,22-;;;/m0.../s1. The fourth-order valence-corrected chi connectivity index (χ4v) is 6.56. The number of amides is 1. The third-order valence-electron chi connectivity index (χ3n) is 8.54. The Labute approximate surface area is 267 Å². The van der Waals surface area contributed by atoms with Gasteiger partial charge in [-0.25, -0.2) is 9.55 Å². The summed E-state index contributed by atoms with van der Waals surface area (Å²) in [5.41, 5.74) is 1.36. The quantitative estimate of drug-likeness (QED) is 0.118. The molecule has 0 aliphatic heterocycles. The lowest BCUT2D eigenvalue weighted by Gasteiger charge is -2.53. The molecule has 3 aliphatic carbocycles. The summed E-state index contributed by atoms with van der Waals surface area (Å²) in [6, 6.07) is 3.17. The Morgan fingerprint density at radius 1 is 1.22 bits per heavy atom. The van der Waals surface area contributed by atoms with Gasteiger partial charge in [-0.05, 0) is 36.6 Å². The van der Waals surface area contributed by atoms with Crippen molar-refractivity contribution >= 4 is 35.7 Å². The zero-order chi connectivity index (χ0) is 33.0. The van der Waals surface area contributed by atoms with Crippen molar-refractivity contribution in [3.05, 3.63) is 74.1 Å². The van der Waals surface area contributed by atoms with Crippen molar-refractivity contribution in [2.75, 3.05) is 20.7 Å². The summed E-state index contributed by atoms with van der Waals surface area (Å²) in [5, 5.41) is 74.0. The predicted molar refractivity (Wildman–Crippen MR) is 161 cm³/mol. The van der Waals surface area contributed by atoms with Crippen LogP contribution in [0.25, 0.3) is 0 Å². The molecule has 1 aromatic heterocycles. The number of phenols is 1. The molecule has 18 heteroatoms. The molecule has 0 radical (unpaired) electrons. The number of aromatic nitrogens is 2. The Morgan fingerprint density at radius 2 is 1.83 bits per heavy atom. The van der Waals surface area contributed by atoms with Crippen LogP contribution in [-0.4, -0.2) is 111 Å². The second-order valence-corrected chi connectivity index (χ2v) is 11.1. The molecule has 1 aromatic carbocycles. The summed E-state index contributed by atoms with van der Waals surface area (Å²) in [5.74, 6) is -8.40. The summed E-state index contributed by atoms with van der Waals surface area (Å²) in [7, 11) is 2.98. The van der Waals surface area contributed by atoms with Crippen molar-refractivity contribution in [2.45, 2.75) is 44.1 Å². The van der Waals surface area contributed by atoms with Gasteiger partial charge in [0.25, 0.3) is 5.91 Å². The number of fused-ring (bicyclic) bond motifs is 3. The first-order chi connectivity index (χ1) is 20.5. The van der Waals surface area contributed by atoms with Crippen LogP contribution in [0.2, 0.25) is 0 Å². The highest BCUT2D eigenvalue weighted by molar-refractivity contribution is 6.25. The van der Waals surface area contributed by atoms with Crippen molar-refractivity contribution in [2.24, 2.45) is 17.6 Å². The number of hydrogen-bond donors (Lipinski definition) is 7. The zero-order valence-electron chi connectivity index (χ0n) is 25.1. The molecule has 0 bridgehead atoms. The number of nitrogens with zero attached hydrogens (tertiary/aromatic N) is 4. The van der Waals surface area contributed by atoms with E-state index in [1.54, 1.807) is 26.0 Å². The number of phenolic OH excluding ortho intramolecular Hbond substituents is 1. The van der Waals surface area contributed by atoms with Crippen molar-refractivity contribution in [1.29, 1.82) is 0 Å². The molecule has 2 aromatic rings. The maximum absolute atomic E-state index is 13.3. The number of Topliss-reactive ketones (excluding diaryl/α,β-unsaturated/α-hetero) is 2. The maximum Gasteiger partial charge on any atom is 0.342 e. The van der Waals surface area contributed by atoms with Crippen LogP contribution in [0.3, 0.4) is 0 Å². The van der Waals surface area contributed by atoms with E-state index in [-0.39, 0.29) is 48.2 Å². The summed E-state index contributed by atoms with van der Waals surface area (Å²) >= 11 is 0. The van der Waals surface area contributed by atoms with E-state index in [1.165, 1.54) is 35.8 Å². The van der Waals surface area contributed by atoms with Crippen molar-refractivity contribution in [1.82, 2.24) is 14.5 Å². The normalized spacial score (nSPS) is 26.6. The number of carbonyl (C=O) groups excluding carboxylic acids is 3. The fraction of sp³-hybridized carbons (Fsp3) is 0.429. The highest BCUT2D eigenvalue weighted by Gasteiger charge is 2.67. The van der Waals surface area contributed by atoms with Crippen LogP contribution in [-0.2, 0) is 16.1 Å². The summed E-state index contributed by atoms with van der Waals surface area (Å²) < 4.78 is 1.36. The van der Waals surface area contributed by atoms with Crippen LogP contribution in [0, 0.1) is 28.9 Å². The summed E-state index contributed by atoms with van der Waals surface area (Å²) in [6.07, 6.45) is -0.404. The largest absolute Gasteiger partial charge is 0.510 e. The Bertz CT molecular complexity index is 1640. The minimum Gasteiger partial charge on any atom is -0.510 e. The van der Waals surface area contributed by atoms with Gasteiger partial charge < -0.3 is 52.0 Å². The first-order valence-electron chi connectivity index (χ1n) is 13.5. The van der Waals surface area contributed by atoms with E-state index in [2.05, 4.69) is 4.98 Å². The monoisotopic (exact) mass is 669 g/mol.